The van der Waals surface area contributed by atoms with Crippen LogP contribution in [0.3, 0.4) is 0 Å². The molecule has 3 aromatic rings. The van der Waals surface area contributed by atoms with Crippen LogP contribution in [-0.4, -0.2) is 19.9 Å². The van der Waals surface area contributed by atoms with Gasteiger partial charge in [-0.2, -0.15) is 0 Å². The lowest BCUT2D eigenvalue weighted by atomic mass is 10.3. The summed E-state index contributed by atoms with van der Waals surface area (Å²) in [6.07, 6.45) is 0. The highest BCUT2D eigenvalue weighted by Gasteiger charge is 2.05. The lowest BCUT2D eigenvalue weighted by molar-refractivity contribution is 1.20. The Morgan fingerprint density at radius 1 is 0.714 bits per heavy atom. The first kappa shape index (κ1) is 7.19. The maximum atomic E-state index is 11.0. The van der Waals surface area contributed by atoms with Gasteiger partial charge in [0.2, 0.25) is 0 Å². The molecular formula is C8H6N4O2. The van der Waals surface area contributed by atoms with Crippen molar-refractivity contribution in [3.05, 3.63) is 33.1 Å². The fourth-order valence-corrected chi connectivity index (χ4v) is 1.60. The Bertz CT molecular complexity index is 663. The quantitative estimate of drug-likeness (QED) is 0.402. The summed E-state index contributed by atoms with van der Waals surface area (Å²) < 4.78 is 0. The van der Waals surface area contributed by atoms with Crippen LogP contribution in [0.1, 0.15) is 0 Å². The molecule has 0 aliphatic rings. The summed E-state index contributed by atoms with van der Waals surface area (Å²) in [5.41, 5.74) is 2.02. The van der Waals surface area contributed by atoms with Crippen LogP contribution < -0.4 is 11.4 Å². The molecule has 3 rings (SSSR count). The molecule has 14 heavy (non-hydrogen) atoms. The molecule has 0 amide bonds. The van der Waals surface area contributed by atoms with Gasteiger partial charge in [-0.05, 0) is 12.1 Å². The van der Waals surface area contributed by atoms with E-state index in [0.717, 1.165) is 0 Å². The second-order valence-corrected chi connectivity index (χ2v) is 3.07. The van der Waals surface area contributed by atoms with Gasteiger partial charge in [0.15, 0.2) is 0 Å². The monoisotopic (exact) mass is 190 g/mol. The molecule has 0 atom stereocenters. The van der Waals surface area contributed by atoms with Gasteiger partial charge in [0.25, 0.3) is 0 Å². The van der Waals surface area contributed by atoms with E-state index in [2.05, 4.69) is 19.9 Å². The molecule has 6 nitrogen and oxygen atoms in total. The van der Waals surface area contributed by atoms with Crippen molar-refractivity contribution in [2.45, 2.75) is 0 Å². The van der Waals surface area contributed by atoms with Crippen molar-refractivity contribution in [2.24, 2.45) is 0 Å². The standard InChI is InChI=1S/C8H6N4O2/c13-7-9-3-1-2-4-6(5(3)11-7)12-8(14)10-4/h1-2H,(H2,9,11,13)(H2,10,12,14). The summed E-state index contributed by atoms with van der Waals surface area (Å²) in [4.78, 5) is 32.5. The third-order valence-corrected chi connectivity index (χ3v) is 2.18. The van der Waals surface area contributed by atoms with Crippen molar-refractivity contribution in [1.29, 1.82) is 0 Å². The van der Waals surface area contributed by atoms with Gasteiger partial charge in [-0.15, -0.1) is 0 Å². The van der Waals surface area contributed by atoms with Crippen LogP contribution in [0.5, 0.6) is 0 Å². The first-order valence-electron chi connectivity index (χ1n) is 4.07. The summed E-state index contributed by atoms with van der Waals surface area (Å²) >= 11 is 0. The Labute approximate surface area is 76.0 Å². The molecule has 0 radical (unpaired) electrons. The van der Waals surface area contributed by atoms with E-state index in [4.69, 9.17) is 0 Å². The molecule has 6 heteroatoms. The van der Waals surface area contributed by atoms with E-state index in [1.165, 1.54) is 0 Å². The normalized spacial score (nSPS) is 11.4. The zero-order valence-electron chi connectivity index (χ0n) is 6.97. The zero-order valence-corrected chi connectivity index (χ0v) is 6.97. The highest BCUT2D eigenvalue weighted by atomic mass is 16.1. The molecular weight excluding hydrogens is 184 g/mol. The molecule has 4 N–H and O–H groups in total. The van der Waals surface area contributed by atoms with Crippen molar-refractivity contribution < 1.29 is 0 Å². The number of nitrogens with one attached hydrogen (secondary N) is 4. The maximum absolute atomic E-state index is 11.0. The number of fused-ring (bicyclic) bond motifs is 3. The predicted molar refractivity (Wildman–Crippen MR) is 51.4 cm³/mol. The van der Waals surface area contributed by atoms with E-state index < -0.39 is 0 Å². The van der Waals surface area contributed by atoms with Gasteiger partial charge in [0.05, 0.1) is 22.1 Å². The zero-order chi connectivity index (χ0) is 9.71. The van der Waals surface area contributed by atoms with Gasteiger partial charge in [-0.3, -0.25) is 0 Å². The van der Waals surface area contributed by atoms with Crippen LogP contribution >= 0.6 is 0 Å². The van der Waals surface area contributed by atoms with Crippen molar-refractivity contribution in [3.63, 3.8) is 0 Å². The largest absolute Gasteiger partial charge is 0.323 e. The number of benzene rings is 1. The summed E-state index contributed by atoms with van der Waals surface area (Å²) in [5.74, 6) is 0. The van der Waals surface area contributed by atoms with E-state index in [-0.39, 0.29) is 11.4 Å². The smallest absolute Gasteiger partial charge is 0.306 e. The molecule has 0 unspecified atom stereocenters. The van der Waals surface area contributed by atoms with Crippen LogP contribution in [0.4, 0.5) is 0 Å². The molecule has 0 spiro atoms. The lowest BCUT2D eigenvalue weighted by Gasteiger charge is -1.89. The molecule has 70 valence electrons. The minimum Gasteiger partial charge on any atom is -0.306 e. The van der Waals surface area contributed by atoms with Crippen LogP contribution in [0.15, 0.2) is 21.7 Å². The molecule has 0 bridgehead atoms. The average Bonchev–Trinajstić information content (AvgIpc) is 2.65. The molecule has 1 aromatic carbocycles. The number of aromatic nitrogens is 4. The van der Waals surface area contributed by atoms with Gasteiger partial charge >= 0.3 is 11.4 Å². The van der Waals surface area contributed by atoms with Crippen molar-refractivity contribution in [2.75, 3.05) is 0 Å². The van der Waals surface area contributed by atoms with Gasteiger partial charge in [-0.25, -0.2) is 9.59 Å². The summed E-state index contributed by atoms with van der Waals surface area (Å²) in [7, 11) is 0. The van der Waals surface area contributed by atoms with Crippen molar-refractivity contribution >= 4 is 22.1 Å². The van der Waals surface area contributed by atoms with Gasteiger partial charge in [-0.1, -0.05) is 0 Å². The molecule has 0 fully saturated rings. The van der Waals surface area contributed by atoms with E-state index in [9.17, 15) is 9.59 Å². The molecule has 0 saturated carbocycles. The second kappa shape index (κ2) is 2.16. The number of rotatable bonds is 0. The van der Waals surface area contributed by atoms with E-state index in [0.29, 0.717) is 22.1 Å². The third-order valence-electron chi connectivity index (χ3n) is 2.18. The Balaban J connectivity index is 2.71. The topological polar surface area (TPSA) is 97.3 Å². The van der Waals surface area contributed by atoms with E-state index in [1.807, 2.05) is 0 Å². The maximum Gasteiger partial charge on any atom is 0.323 e. The molecule has 0 aliphatic carbocycles. The number of hydrogen-bond donors (Lipinski definition) is 4. The van der Waals surface area contributed by atoms with Gasteiger partial charge in [0.1, 0.15) is 0 Å². The van der Waals surface area contributed by atoms with Crippen LogP contribution in [0, 0.1) is 0 Å². The molecule has 0 saturated heterocycles. The van der Waals surface area contributed by atoms with E-state index >= 15 is 0 Å². The molecule has 0 aliphatic heterocycles. The Kier molecular flexibility index (Phi) is 1.11. The number of aromatic amines is 4. The lowest BCUT2D eigenvalue weighted by Crippen LogP contribution is -2.00. The van der Waals surface area contributed by atoms with Gasteiger partial charge < -0.3 is 19.9 Å². The molecule has 2 aromatic heterocycles. The minimum atomic E-state index is -0.283. The number of H-pyrrole nitrogens is 4. The highest BCUT2D eigenvalue weighted by molar-refractivity contribution is 5.99. The second-order valence-electron chi connectivity index (χ2n) is 3.07. The summed E-state index contributed by atoms with van der Waals surface area (Å²) in [5, 5.41) is 0. The molecule has 2 heterocycles. The van der Waals surface area contributed by atoms with Crippen molar-refractivity contribution in [1.82, 2.24) is 19.9 Å². The highest BCUT2D eigenvalue weighted by Crippen LogP contribution is 2.16. The predicted octanol–water partition coefficient (Wildman–Crippen LogP) is 0.0258. The van der Waals surface area contributed by atoms with Crippen LogP contribution in [0.25, 0.3) is 22.1 Å². The third kappa shape index (κ3) is 0.792. The number of hydrogen-bond acceptors (Lipinski definition) is 2. The average molecular weight is 190 g/mol. The summed E-state index contributed by atoms with van der Waals surface area (Å²) in [6, 6.07) is 3.47. The SMILES string of the molecule is O=c1[nH]c2ccc3[nH]c(=O)[nH]c3c2[nH]1. The van der Waals surface area contributed by atoms with Crippen LogP contribution in [-0.2, 0) is 0 Å². The Hall–Kier alpha value is -2.24. The Morgan fingerprint density at radius 3 is 1.57 bits per heavy atom. The summed E-state index contributed by atoms with van der Waals surface area (Å²) in [6.45, 7) is 0. The van der Waals surface area contributed by atoms with Crippen LogP contribution in [0.2, 0.25) is 0 Å². The Morgan fingerprint density at radius 2 is 1.14 bits per heavy atom. The fourth-order valence-electron chi connectivity index (χ4n) is 1.60. The van der Waals surface area contributed by atoms with E-state index in [1.54, 1.807) is 12.1 Å². The fraction of sp³-hybridized carbons (Fsp3) is 0. The number of imidazole rings is 2. The van der Waals surface area contributed by atoms with Gasteiger partial charge in [0, 0.05) is 0 Å². The van der Waals surface area contributed by atoms with Crippen molar-refractivity contribution in [3.8, 4) is 0 Å². The first-order valence-corrected chi connectivity index (χ1v) is 4.07. The first-order chi connectivity index (χ1) is 6.74. The minimum absolute atomic E-state index is 0.283.